The van der Waals surface area contributed by atoms with Crippen molar-refractivity contribution in [3.63, 3.8) is 0 Å². The second-order valence-electron chi connectivity index (χ2n) is 5.56. The smallest absolute Gasteiger partial charge is 0.272 e. The van der Waals surface area contributed by atoms with Crippen LogP contribution in [0.3, 0.4) is 0 Å². The average molecular weight is 444 g/mol. The number of anilines is 3. The summed E-state index contributed by atoms with van der Waals surface area (Å²) in [7, 11) is 1.63. The molecule has 2 aromatic rings. The number of carbonyl (C=O) groups excluding carboxylic acids is 1. The Bertz CT molecular complexity index is 740. The normalized spacial score (nSPS) is 10.0. The third kappa shape index (κ3) is 7.42. The second-order valence-corrected chi connectivity index (χ2v) is 6.47. The molecule has 2 aromatic carbocycles. The second kappa shape index (κ2) is 11.4. The summed E-state index contributed by atoms with van der Waals surface area (Å²) in [5.74, 6) is -0.473. The van der Waals surface area contributed by atoms with Gasteiger partial charge in [-0.1, -0.05) is 36.2 Å². The number of nitrogens with two attached hydrogens (primary N) is 1. The Hall–Kier alpha value is -2.35. The zero-order valence-electron chi connectivity index (χ0n) is 15.5. The largest absolute Gasteiger partial charge is 0.487 e. The molecule has 2 rings (SSSR count). The van der Waals surface area contributed by atoms with Gasteiger partial charge in [-0.25, -0.2) is 8.78 Å². The maximum atomic E-state index is 12.5. The Balaban J connectivity index is 0.00000114. The van der Waals surface area contributed by atoms with Crippen LogP contribution in [0.25, 0.3) is 0 Å². The van der Waals surface area contributed by atoms with Crippen molar-refractivity contribution >= 4 is 38.9 Å². The Kier molecular flexibility index (Phi) is 9.56. The van der Waals surface area contributed by atoms with Crippen molar-refractivity contribution in [3.05, 3.63) is 46.4 Å². The maximum absolute atomic E-state index is 12.5. The van der Waals surface area contributed by atoms with E-state index in [1.807, 2.05) is 0 Å². The highest BCUT2D eigenvalue weighted by Crippen LogP contribution is 2.30. The molecule has 0 saturated heterocycles. The molecule has 0 heterocycles. The van der Waals surface area contributed by atoms with Gasteiger partial charge in [-0.2, -0.15) is 0 Å². The Morgan fingerprint density at radius 2 is 1.81 bits per heavy atom. The van der Waals surface area contributed by atoms with E-state index in [1.54, 1.807) is 31.3 Å². The van der Waals surface area contributed by atoms with Crippen LogP contribution in [0.5, 0.6) is 5.75 Å². The summed E-state index contributed by atoms with van der Waals surface area (Å²) in [5.41, 5.74) is 7.28. The Morgan fingerprint density at radius 3 is 2.33 bits per heavy atom. The summed E-state index contributed by atoms with van der Waals surface area (Å²) in [6.07, 6.45) is -1.40. The van der Waals surface area contributed by atoms with Gasteiger partial charge in [0.1, 0.15) is 12.4 Å². The predicted molar refractivity (Wildman–Crippen MR) is 110 cm³/mol. The van der Waals surface area contributed by atoms with Crippen molar-refractivity contribution < 1.29 is 18.3 Å². The number of carbonyl (C=O) groups is 1. The van der Waals surface area contributed by atoms with Crippen LogP contribution in [0.15, 0.2) is 40.9 Å². The lowest BCUT2D eigenvalue weighted by Gasteiger charge is -2.15. The molecule has 8 heteroatoms. The summed E-state index contributed by atoms with van der Waals surface area (Å²) in [4.78, 5) is 12.5. The third-order valence-corrected chi connectivity index (χ3v) is 3.66. The number of alkyl halides is 2. The van der Waals surface area contributed by atoms with Crippen molar-refractivity contribution in [3.8, 4) is 5.75 Å². The molecule has 0 bridgehead atoms. The number of benzene rings is 2. The van der Waals surface area contributed by atoms with Crippen LogP contribution in [0, 0.1) is 0 Å². The first kappa shape index (κ1) is 22.7. The number of halogens is 3. The van der Waals surface area contributed by atoms with Crippen molar-refractivity contribution in [2.75, 3.05) is 30.0 Å². The number of amides is 1. The van der Waals surface area contributed by atoms with Gasteiger partial charge in [-0.3, -0.25) is 4.79 Å². The van der Waals surface area contributed by atoms with Crippen molar-refractivity contribution in [1.29, 1.82) is 0 Å². The fraction of sp³-hybridized carbons (Fsp3) is 0.316. The van der Waals surface area contributed by atoms with E-state index in [1.165, 1.54) is 18.6 Å². The number of rotatable bonds is 6. The SMILES string of the molecule is CCC.CNc1cc(OCC(F)F)c(C(=O)Nc2ccc(Br)cc2)cc1N. The van der Waals surface area contributed by atoms with Gasteiger partial charge in [0.2, 0.25) is 0 Å². The number of hydrogen-bond donors (Lipinski definition) is 3. The average Bonchev–Trinajstić information content (AvgIpc) is 2.62. The summed E-state index contributed by atoms with van der Waals surface area (Å²) >= 11 is 3.30. The molecule has 0 aliphatic carbocycles. The lowest BCUT2D eigenvalue weighted by molar-refractivity contribution is 0.0803. The number of ether oxygens (including phenoxy) is 1. The van der Waals surface area contributed by atoms with E-state index < -0.39 is 18.9 Å². The predicted octanol–water partition coefficient (Wildman–Crippen LogP) is 5.39. The molecule has 5 nitrogen and oxygen atoms in total. The monoisotopic (exact) mass is 443 g/mol. The van der Waals surface area contributed by atoms with Crippen LogP contribution in [-0.4, -0.2) is 26.0 Å². The molecule has 0 spiro atoms. The number of nitrogens with one attached hydrogen (secondary N) is 2. The molecule has 148 valence electrons. The highest BCUT2D eigenvalue weighted by molar-refractivity contribution is 9.10. The first-order valence-electron chi connectivity index (χ1n) is 8.41. The fourth-order valence-electron chi connectivity index (χ4n) is 1.99. The van der Waals surface area contributed by atoms with Gasteiger partial charge in [0.05, 0.1) is 16.9 Å². The Morgan fingerprint density at radius 1 is 1.22 bits per heavy atom. The highest BCUT2D eigenvalue weighted by Gasteiger charge is 2.17. The summed E-state index contributed by atoms with van der Waals surface area (Å²) in [5, 5.41) is 5.49. The highest BCUT2D eigenvalue weighted by atomic mass is 79.9. The molecule has 4 N–H and O–H groups in total. The standard InChI is InChI=1S/C16H16BrF2N3O2.C3H8/c1-21-13-7-14(24-8-15(18)19)11(6-12(13)20)16(23)22-10-4-2-9(17)3-5-10;1-3-2/h2-7,15,21H,8,20H2,1H3,(H,22,23);3H2,1-2H3. The maximum Gasteiger partial charge on any atom is 0.272 e. The zero-order valence-corrected chi connectivity index (χ0v) is 17.1. The third-order valence-electron chi connectivity index (χ3n) is 3.13. The first-order valence-corrected chi connectivity index (χ1v) is 9.20. The molecule has 0 saturated carbocycles. The fourth-order valence-corrected chi connectivity index (χ4v) is 2.26. The molecule has 0 aliphatic heterocycles. The minimum atomic E-state index is -2.65. The topological polar surface area (TPSA) is 76.4 Å². The molecule has 0 aliphatic rings. The molecule has 0 atom stereocenters. The molecule has 0 unspecified atom stereocenters. The minimum Gasteiger partial charge on any atom is -0.487 e. The lowest BCUT2D eigenvalue weighted by Crippen LogP contribution is -2.16. The minimum absolute atomic E-state index is 0.0310. The van der Waals surface area contributed by atoms with Crippen LogP contribution in [0.2, 0.25) is 0 Å². The van der Waals surface area contributed by atoms with E-state index in [9.17, 15) is 13.6 Å². The Labute approximate surface area is 166 Å². The van der Waals surface area contributed by atoms with Crippen molar-refractivity contribution in [2.45, 2.75) is 26.7 Å². The molecule has 1 amide bonds. The van der Waals surface area contributed by atoms with Crippen LogP contribution in [0.1, 0.15) is 30.6 Å². The van der Waals surface area contributed by atoms with Crippen LogP contribution >= 0.6 is 15.9 Å². The van der Waals surface area contributed by atoms with Gasteiger partial charge in [-0.05, 0) is 30.3 Å². The van der Waals surface area contributed by atoms with Crippen molar-refractivity contribution in [1.82, 2.24) is 0 Å². The van der Waals surface area contributed by atoms with E-state index in [-0.39, 0.29) is 11.3 Å². The summed E-state index contributed by atoms with van der Waals surface area (Å²) in [6, 6.07) is 9.75. The molecular formula is C19H24BrF2N3O2. The van der Waals surface area contributed by atoms with Gasteiger partial charge in [0.15, 0.2) is 0 Å². The molecule has 27 heavy (non-hydrogen) atoms. The van der Waals surface area contributed by atoms with E-state index in [4.69, 9.17) is 10.5 Å². The van der Waals surface area contributed by atoms with E-state index >= 15 is 0 Å². The number of nitrogen functional groups attached to an aromatic ring is 1. The van der Waals surface area contributed by atoms with Crippen LogP contribution in [-0.2, 0) is 0 Å². The quantitative estimate of drug-likeness (QED) is 0.523. The van der Waals surface area contributed by atoms with Gasteiger partial charge < -0.3 is 21.1 Å². The van der Waals surface area contributed by atoms with Crippen LogP contribution < -0.4 is 21.1 Å². The lowest BCUT2D eigenvalue weighted by atomic mass is 10.1. The van der Waals surface area contributed by atoms with Gasteiger partial charge in [-0.15, -0.1) is 0 Å². The molecule has 0 aromatic heterocycles. The van der Waals surface area contributed by atoms with E-state index in [0.717, 1.165) is 4.47 Å². The van der Waals surface area contributed by atoms with Crippen LogP contribution in [0.4, 0.5) is 25.8 Å². The van der Waals surface area contributed by atoms with Gasteiger partial charge >= 0.3 is 0 Å². The van der Waals surface area contributed by atoms with E-state index in [0.29, 0.717) is 17.1 Å². The van der Waals surface area contributed by atoms with E-state index in [2.05, 4.69) is 40.4 Å². The van der Waals surface area contributed by atoms with Crippen molar-refractivity contribution in [2.24, 2.45) is 0 Å². The van der Waals surface area contributed by atoms with Gasteiger partial charge in [0.25, 0.3) is 12.3 Å². The van der Waals surface area contributed by atoms with Gasteiger partial charge in [0, 0.05) is 23.3 Å². The first-order chi connectivity index (χ1) is 12.8. The molecule has 0 fully saturated rings. The zero-order chi connectivity index (χ0) is 20.4. The summed E-state index contributed by atoms with van der Waals surface area (Å²) < 4.78 is 30.8. The molecular weight excluding hydrogens is 420 g/mol. The summed E-state index contributed by atoms with van der Waals surface area (Å²) in [6.45, 7) is 3.44. The molecule has 0 radical (unpaired) electrons. The number of hydrogen-bond acceptors (Lipinski definition) is 4.